The highest BCUT2D eigenvalue weighted by Gasteiger charge is 2.12. The van der Waals surface area contributed by atoms with Crippen LogP contribution in [-0.4, -0.2) is 29.4 Å². The van der Waals surface area contributed by atoms with E-state index < -0.39 is 0 Å². The minimum Gasteiger partial charge on any atom is -0.399 e. The van der Waals surface area contributed by atoms with Crippen molar-refractivity contribution < 1.29 is 4.79 Å². The van der Waals surface area contributed by atoms with Crippen LogP contribution >= 0.6 is 0 Å². The largest absolute Gasteiger partial charge is 0.399 e. The molecule has 0 aromatic carbocycles. The highest BCUT2D eigenvalue weighted by atomic mass is 16.2. The van der Waals surface area contributed by atoms with Crippen LogP contribution < -0.4 is 5.73 Å². The summed E-state index contributed by atoms with van der Waals surface area (Å²) < 4.78 is 0. The summed E-state index contributed by atoms with van der Waals surface area (Å²) in [4.78, 5) is 17.5. The number of nitrogens with zero attached hydrogens (tertiary/aromatic N) is 2. The molecule has 0 atom stereocenters. The Morgan fingerprint density at radius 1 is 1.60 bits per heavy atom. The standard InChI is InChI=1S/C11H17N3O/c1-3-4-7-14(2)11(15)10-8-9(12)5-6-13-10/h5-6,8H,3-4,7H2,1-2H3,(H2,12,13). The zero-order chi connectivity index (χ0) is 11.3. The maximum absolute atomic E-state index is 11.8. The van der Waals surface area contributed by atoms with E-state index in [-0.39, 0.29) is 5.91 Å². The second-order valence-electron chi connectivity index (χ2n) is 3.55. The van der Waals surface area contributed by atoms with Crippen molar-refractivity contribution in [3.63, 3.8) is 0 Å². The number of hydrogen-bond donors (Lipinski definition) is 1. The third kappa shape index (κ3) is 3.23. The number of pyridine rings is 1. The molecule has 1 aromatic rings. The summed E-state index contributed by atoms with van der Waals surface area (Å²) in [6.45, 7) is 2.85. The number of carbonyl (C=O) groups is 1. The molecule has 82 valence electrons. The Kier molecular flexibility index (Phi) is 4.09. The van der Waals surface area contributed by atoms with Crippen molar-refractivity contribution in [2.45, 2.75) is 19.8 Å². The average Bonchev–Trinajstić information content (AvgIpc) is 2.24. The topological polar surface area (TPSA) is 59.2 Å². The molecule has 0 fully saturated rings. The van der Waals surface area contributed by atoms with Gasteiger partial charge in [-0.2, -0.15) is 0 Å². The van der Waals surface area contributed by atoms with E-state index >= 15 is 0 Å². The van der Waals surface area contributed by atoms with Gasteiger partial charge in [-0.3, -0.25) is 9.78 Å². The van der Waals surface area contributed by atoms with Crippen LogP contribution in [0.1, 0.15) is 30.3 Å². The van der Waals surface area contributed by atoms with Gasteiger partial charge in [-0.1, -0.05) is 13.3 Å². The molecule has 0 unspecified atom stereocenters. The molecular formula is C11H17N3O. The number of rotatable bonds is 4. The zero-order valence-corrected chi connectivity index (χ0v) is 9.23. The molecule has 1 amide bonds. The number of anilines is 1. The fourth-order valence-electron chi connectivity index (χ4n) is 1.26. The molecule has 1 rings (SSSR count). The summed E-state index contributed by atoms with van der Waals surface area (Å²) in [6.07, 6.45) is 3.63. The van der Waals surface area contributed by atoms with Gasteiger partial charge in [0.25, 0.3) is 5.91 Å². The Balaban J connectivity index is 2.67. The van der Waals surface area contributed by atoms with Gasteiger partial charge in [0.2, 0.25) is 0 Å². The Morgan fingerprint density at radius 3 is 2.93 bits per heavy atom. The molecule has 0 saturated heterocycles. The van der Waals surface area contributed by atoms with Gasteiger partial charge >= 0.3 is 0 Å². The van der Waals surface area contributed by atoms with E-state index in [1.807, 2.05) is 0 Å². The Morgan fingerprint density at radius 2 is 2.33 bits per heavy atom. The Bertz CT molecular complexity index is 338. The van der Waals surface area contributed by atoms with Gasteiger partial charge in [0.05, 0.1) is 0 Å². The minimum absolute atomic E-state index is 0.0734. The predicted octanol–water partition coefficient (Wildman–Crippen LogP) is 1.54. The average molecular weight is 207 g/mol. The van der Waals surface area contributed by atoms with Crippen LogP contribution in [0.3, 0.4) is 0 Å². The SMILES string of the molecule is CCCCN(C)C(=O)c1cc(N)ccn1. The number of hydrogen-bond acceptors (Lipinski definition) is 3. The smallest absolute Gasteiger partial charge is 0.272 e. The van der Waals surface area contributed by atoms with E-state index in [1.165, 1.54) is 0 Å². The highest BCUT2D eigenvalue weighted by Crippen LogP contribution is 2.06. The van der Waals surface area contributed by atoms with Gasteiger partial charge in [-0.05, 0) is 18.6 Å². The summed E-state index contributed by atoms with van der Waals surface area (Å²) in [7, 11) is 1.78. The van der Waals surface area contributed by atoms with Crippen molar-refractivity contribution >= 4 is 11.6 Å². The maximum atomic E-state index is 11.8. The van der Waals surface area contributed by atoms with Crippen molar-refractivity contribution in [3.8, 4) is 0 Å². The number of carbonyl (C=O) groups excluding carboxylic acids is 1. The third-order valence-electron chi connectivity index (χ3n) is 2.20. The van der Waals surface area contributed by atoms with Crippen LogP contribution in [0.25, 0.3) is 0 Å². The van der Waals surface area contributed by atoms with E-state index in [0.717, 1.165) is 19.4 Å². The quantitative estimate of drug-likeness (QED) is 0.814. The van der Waals surface area contributed by atoms with Crippen molar-refractivity contribution in [3.05, 3.63) is 24.0 Å². The lowest BCUT2D eigenvalue weighted by Gasteiger charge is -2.16. The fourth-order valence-corrected chi connectivity index (χ4v) is 1.26. The van der Waals surface area contributed by atoms with Crippen LogP contribution in [0.2, 0.25) is 0 Å². The van der Waals surface area contributed by atoms with Crippen LogP contribution in [-0.2, 0) is 0 Å². The summed E-state index contributed by atoms with van der Waals surface area (Å²) in [5.74, 6) is -0.0734. The number of aromatic nitrogens is 1. The van der Waals surface area contributed by atoms with E-state index in [1.54, 1.807) is 30.3 Å². The van der Waals surface area contributed by atoms with E-state index in [2.05, 4.69) is 11.9 Å². The monoisotopic (exact) mass is 207 g/mol. The maximum Gasteiger partial charge on any atom is 0.272 e. The van der Waals surface area contributed by atoms with Gasteiger partial charge in [0.1, 0.15) is 5.69 Å². The predicted molar refractivity (Wildman–Crippen MR) is 60.5 cm³/mol. The van der Waals surface area contributed by atoms with Gasteiger partial charge < -0.3 is 10.6 Å². The second-order valence-corrected chi connectivity index (χ2v) is 3.55. The molecule has 1 heterocycles. The normalized spacial score (nSPS) is 10.0. The van der Waals surface area contributed by atoms with E-state index in [0.29, 0.717) is 11.4 Å². The molecule has 0 spiro atoms. The summed E-state index contributed by atoms with van der Waals surface area (Å²) in [5.41, 5.74) is 6.56. The fraction of sp³-hybridized carbons (Fsp3) is 0.455. The number of nitrogen functional groups attached to an aromatic ring is 1. The molecular weight excluding hydrogens is 190 g/mol. The molecule has 0 aliphatic heterocycles. The molecule has 0 bridgehead atoms. The van der Waals surface area contributed by atoms with Gasteiger partial charge in [0.15, 0.2) is 0 Å². The van der Waals surface area contributed by atoms with Crippen molar-refractivity contribution in [1.82, 2.24) is 9.88 Å². The molecule has 2 N–H and O–H groups in total. The van der Waals surface area contributed by atoms with Gasteiger partial charge in [-0.15, -0.1) is 0 Å². The molecule has 0 aliphatic rings. The van der Waals surface area contributed by atoms with Crippen LogP contribution in [0.5, 0.6) is 0 Å². The molecule has 0 aliphatic carbocycles. The first-order valence-corrected chi connectivity index (χ1v) is 5.12. The first kappa shape index (κ1) is 11.5. The van der Waals surface area contributed by atoms with Crippen molar-refractivity contribution in [2.75, 3.05) is 19.3 Å². The molecule has 4 nitrogen and oxygen atoms in total. The molecule has 15 heavy (non-hydrogen) atoms. The van der Waals surface area contributed by atoms with Crippen LogP contribution in [0.4, 0.5) is 5.69 Å². The number of unbranched alkanes of at least 4 members (excludes halogenated alkanes) is 1. The van der Waals surface area contributed by atoms with Gasteiger partial charge in [-0.25, -0.2) is 0 Å². The Hall–Kier alpha value is -1.58. The molecule has 0 radical (unpaired) electrons. The first-order valence-electron chi connectivity index (χ1n) is 5.12. The second kappa shape index (κ2) is 5.34. The summed E-state index contributed by atoms with van der Waals surface area (Å²) in [6, 6.07) is 3.27. The van der Waals surface area contributed by atoms with Crippen LogP contribution in [0, 0.1) is 0 Å². The van der Waals surface area contributed by atoms with Crippen molar-refractivity contribution in [1.29, 1.82) is 0 Å². The third-order valence-corrected chi connectivity index (χ3v) is 2.20. The lowest BCUT2D eigenvalue weighted by molar-refractivity contribution is 0.0787. The lowest BCUT2D eigenvalue weighted by Crippen LogP contribution is -2.28. The van der Waals surface area contributed by atoms with Gasteiger partial charge in [0, 0.05) is 25.5 Å². The van der Waals surface area contributed by atoms with Crippen molar-refractivity contribution in [2.24, 2.45) is 0 Å². The summed E-state index contributed by atoms with van der Waals surface area (Å²) in [5, 5.41) is 0. The number of amides is 1. The molecule has 4 heteroatoms. The Labute approximate surface area is 90.1 Å². The van der Waals surface area contributed by atoms with E-state index in [9.17, 15) is 4.79 Å². The molecule has 0 saturated carbocycles. The number of nitrogens with two attached hydrogens (primary N) is 1. The summed E-state index contributed by atoms with van der Waals surface area (Å²) >= 11 is 0. The lowest BCUT2D eigenvalue weighted by atomic mass is 10.2. The zero-order valence-electron chi connectivity index (χ0n) is 9.23. The minimum atomic E-state index is -0.0734. The van der Waals surface area contributed by atoms with E-state index in [4.69, 9.17) is 5.73 Å². The first-order chi connectivity index (χ1) is 7.15. The molecule has 1 aromatic heterocycles. The highest BCUT2D eigenvalue weighted by molar-refractivity contribution is 5.92. The van der Waals surface area contributed by atoms with Crippen LogP contribution in [0.15, 0.2) is 18.3 Å².